The first-order valence-electron chi connectivity index (χ1n) is 9.75. The summed E-state index contributed by atoms with van der Waals surface area (Å²) in [5, 5.41) is 0.548. The van der Waals surface area contributed by atoms with Crippen molar-refractivity contribution in [2.24, 2.45) is 0 Å². The van der Waals surface area contributed by atoms with Gasteiger partial charge in [-0.05, 0) is 45.5 Å². The summed E-state index contributed by atoms with van der Waals surface area (Å²) in [4.78, 5) is 34.1. The van der Waals surface area contributed by atoms with Crippen molar-refractivity contribution in [1.82, 2.24) is 14.5 Å². The zero-order valence-corrected chi connectivity index (χ0v) is 18.1. The minimum atomic E-state index is -0.422. The zero-order chi connectivity index (χ0) is 20.4. The molecule has 0 aromatic carbocycles. The molecule has 7 nitrogen and oxygen atoms in total. The van der Waals surface area contributed by atoms with Crippen molar-refractivity contribution in [3.8, 4) is 0 Å². The molecule has 2 aromatic heterocycles. The molecule has 0 bridgehead atoms. The van der Waals surface area contributed by atoms with E-state index < -0.39 is 5.97 Å². The summed E-state index contributed by atoms with van der Waals surface area (Å²) in [6.45, 7) is 8.38. The smallest absolute Gasteiger partial charge is 0.348 e. The lowest BCUT2D eigenvalue weighted by atomic mass is 10.0. The van der Waals surface area contributed by atoms with Crippen molar-refractivity contribution in [2.75, 3.05) is 40.5 Å². The lowest BCUT2D eigenvalue weighted by molar-refractivity contribution is 0.0393. The first-order valence-corrected chi connectivity index (χ1v) is 10.6. The molecule has 2 aromatic rings. The largest absolute Gasteiger partial charge is 0.459 e. The Balaban J connectivity index is 2.08. The van der Waals surface area contributed by atoms with Gasteiger partial charge in [-0.25, -0.2) is 9.78 Å². The van der Waals surface area contributed by atoms with E-state index in [1.54, 1.807) is 7.11 Å². The number of carbonyl (C=O) groups is 1. The number of likely N-dealkylation sites (tertiary alicyclic amines) is 1. The number of aromatic nitrogens is 2. The lowest BCUT2D eigenvalue weighted by Gasteiger charge is -2.32. The fourth-order valence-electron chi connectivity index (χ4n) is 3.70. The number of esters is 1. The molecule has 0 amide bonds. The van der Waals surface area contributed by atoms with Crippen LogP contribution in [0.3, 0.4) is 0 Å². The first-order chi connectivity index (χ1) is 13.3. The second-order valence-corrected chi connectivity index (χ2v) is 8.70. The number of carbonyl (C=O) groups excluding carboxylic acids is 1. The SMILES string of the molecule is COCCOC(=O)c1sc2nc(C(C)C)n(C3CCN(C)CC3)c(=O)c2c1C. The number of rotatable bonds is 6. The van der Waals surface area contributed by atoms with E-state index in [1.165, 1.54) is 11.3 Å². The predicted molar refractivity (Wildman–Crippen MR) is 111 cm³/mol. The average molecular weight is 408 g/mol. The van der Waals surface area contributed by atoms with Crippen LogP contribution in [0.1, 0.15) is 59.7 Å². The van der Waals surface area contributed by atoms with Gasteiger partial charge in [-0.15, -0.1) is 11.3 Å². The van der Waals surface area contributed by atoms with E-state index >= 15 is 0 Å². The third-order valence-corrected chi connectivity index (χ3v) is 6.47. The Morgan fingerprint density at radius 2 is 1.96 bits per heavy atom. The molecule has 3 rings (SSSR count). The normalized spacial score (nSPS) is 16.2. The molecular formula is C20H29N3O4S. The Kier molecular flexibility index (Phi) is 6.52. The molecule has 0 aliphatic carbocycles. The van der Waals surface area contributed by atoms with Gasteiger partial charge in [0.2, 0.25) is 0 Å². The summed E-state index contributed by atoms with van der Waals surface area (Å²) < 4.78 is 12.1. The van der Waals surface area contributed by atoms with Gasteiger partial charge in [-0.1, -0.05) is 13.8 Å². The Hall–Kier alpha value is -1.77. The number of nitrogens with zero attached hydrogens (tertiary/aromatic N) is 3. The molecule has 0 saturated carbocycles. The molecule has 0 N–H and O–H groups in total. The molecule has 0 atom stereocenters. The number of ether oxygens (including phenoxy) is 2. The highest BCUT2D eigenvalue weighted by molar-refractivity contribution is 7.20. The predicted octanol–water partition coefficient (Wildman–Crippen LogP) is 2.96. The van der Waals surface area contributed by atoms with E-state index in [4.69, 9.17) is 14.5 Å². The first kappa shape index (κ1) is 21.0. The van der Waals surface area contributed by atoms with E-state index in [1.807, 2.05) is 11.5 Å². The van der Waals surface area contributed by atoms with Crippen molar-refractivity contribution >= 4 is 27.5 Å². The molecule has 1 fully saturated rings. The zero-order valence-electron chi connectivity index (χ0n) is 17.3. The number of aryl methyl sites for hydroxylation is 1. The maximum Gasteiger partial charge on any atom is 0.348 e. The molecule has 154 valence electrons. The van der Waals surface area contributed by atoms with Gasteiger partial charge >= 0.3 is 5.97 Å². The summed E-state index contributed by atoms with van der Waals surface area (Å²) in [6.07, 6.45) is 1.86. The van der Waals surface area contributed by atoms with Crippen molar-refractivity contribution in [1.29, 1.82) is 0 Å². The standard InChI is InChI=1S/C20H29N3O4S/c1-12(2)17-21-18-15(13(3)16(28-18)20(25)27-11-10-26-5)19(24)23(17)14-6-8-22(4)9-7-14/h12,14H,6-11H2,1-5H3. The van der Waals surface area contributed by atoms with Gasteiger partial charge in [-0.2, -0.15) is 0 Å². The number of thiophene rings is 1. The Labute approximate surface area is 169 Å². The van der Waals surface area contributed by atoms with Crippen LogP contribution in [0.25, 0.3) is 10.2 Å². The molecular weight excluding hydrogens is 378 g/mol. The molecule has 1 aliphatic heterocycles. The molecule has 1 saturated heterocycles. The van der Waals surface area contributed by atoms with E-state index in [0.717, 1.165) is 31.8 Å². The number of methoxy groups -OCH3 is 1. The molecule has 28 heavy (non-hydrogen) atoms. The Morgan fingerprint density at radius 3 is 2.57 bits per heavy atom. The van der Waals surface area contributed by atoms with Gasteiger partial charge in [-0.3, -0.25) is 9.36 Å². The molecule has 3 heterocycles. The highest BCUT2D eigenvalue weighted by Crippen LogP contribution is 2.31. The van der Waals surface area contributed by atoms with Gasteiger partial charge in [0, 0.05) is 19.1 Å². The lowest BCUT2D eigenvalue weighted by Crippen LogP contribution is -2.37. The van der Waals surface area contributed by atoms with Crippen LogP contribution in [0.2, 0.25) is 0 Å². The minimum absolute atomic E-state index is 0.0343. The fourth-order valence-corrected chi connectivity index (χ4v) is 4.77. The molecule has 8 heteroatoms. The van der Waals surface area contributed by atoms with Crippen LogP contribution in [0, 0.1) is 6.92 Å². The van der Waals surface area contributed by atoms with E-state index in [-0.39, 0.29) is 24.1 Å². The molecule has 1 aliphatic rings. The second-order valence-electron chi connectivity index (χ2n) is 7.70. The number of hydrogen-bond acceptors (Lipinski definition) is 7. The number of hydrogen-bond donors (Lipinski definition) is 0. The number of fused-ring (bicyclic) bond motifs is 1. The molecule has 0 spiro atoms. The van der Waals surface area contributed by atoms with E-state index in [9.17, 15) is 9.59 Å². The minimum Gasteiger partial charge on any atom is -0.459 e. The molecule has 0 radical (unpaired) electrons. The van der Waals surface area contributed by atoms with Crippen molar-refractivity contribution in [3.63, 3.8) is 0 Å². The summed E-state index contributed by atoms with van der Waals surface area (Å²) >= 11 is 1.24. The van der Waals surface area contributed by atoms with Crippen molar-refractivity contribution in [3.05, 3.63) is 26.6 Å². The van der Waals surface area contributed by atoms with Gasteiger partial charge < -0.3 is 14.4 Å². The van der Waals surface area contributed by atoms with Gasteiger partial charge in [0.1, 0.15) is 22.1 Å². The highest BCUT2D eigenvalue weighted by atomic mass is 32.1. The Bertz CT molecular complexity index is 910. The number of piperidine rings is 1. The van der Waals surface area contributed by atoms with Gasteiger partial charge in [0.15, 0.2) is 0 Å². The van der Waals surface area contributed by atoms with Crippen molar-refractivity contribution in [2.45, 2.75) is 45.6 Å². The quantitative estimate of drug-likeness (QED) is 0.541. The summed E-state index contributed by atoms with van der Waals surface area (Å²) in [5.74, 6) is 0.498. The second kappa shape index (κ2) is 8.71. The van der Waals surface area contributed by atoms with Crippen LogP contribution in [-0.4, -0.2) is 60.9 Å². The topological polar surface area (TPSA) is 73.7 Å². The third-order valence-electron chi connectivity index (χ3n) is 5.30. The summed E-state index contributed by atoms with van der Waals surface area (Å²) in [5.41, 5.74) is 0.629. The van der Waals surface area contributed by atoms with Crippen LogP contribution >= 0.6 is 11.3 Å². The van der Waals surface area contributed by atoms with Crippen LogP contribution in [0.15, 0.2) is 4.79 Å². The molecule has 0 unspecified atom stereocenters. The van der Waals surface area contributed by atoms with Gasteiger partial charge in [0.25, 0.3) is 5.56 Å². The maximum atomic E-state index is 13.5. The summed E-state index contributed by atoms with van der Waals surface area (Å²) in [7, 11) is 3.66. The average Bonchev–Trinajstić information content (AvgIpc) is 2.99. The fraction of sp³-hybridized carbons (Fsp3) is 0.650. The van der Waals surface area contributed by atoms with E-state index in [0.29, 0.717) is 27.3 Å². The maximum absolute atomic E-state index is 13.5. The van der Waals surface area contributed by atoms with E-state index in [2.05, 4.69) is 25.8 Å². The highest BCUT2D eigenvalue weighted by Gasteiger charge is 2.27. The van der Waals surface area contributed by atoms with Gasteiger partial charge in [0.05, 0.1) is 12.0 Å². The van der Waals surface area contributed by atoms with Crippen LogP contribution in [-0.2, 0) is 9.47 Å². The van der Waals surface area contributed by atoms with Crippen LogP contribution < -0.4 is 5.56 Å². The monoisotopic (exact) mass is 407 g/mol. The summed E-state index contributed by atoms with van der Waals surface area (Å²) in [6, 6.07) is 0.148. The van der Waals surface area contributed by atoms with Crippen molar-refractivity contribution < 1.29 is 14.3 Å². The van der Waals surface area contributed by atoms with Crippen LogP contribution in [0.5, 0.6) is 0 Å². The third kappa shape index (κ3) is 3.99. The Morgan fingerprint density at radius 1 is 1.29 bits per heavy atom. The van der Waals surface area contributed by atoms with Crippen LogP contribution in [0.4, 0.5) is 0 Å².